The van der Waals surface area contributed by atoms with Crippen molar-refractivity contribution in [1.29, 1.82) is 0 Å². The topological polar surface area (TPSA) is 46.2 Å². The zero-order chi connectivity index (χ0) is 23.6. The van der Waals surface area contributed by atoms with E-state index >= 15 is 0 Å². The summed E-state index contributed by atoms with van der Waals surface area (Å²) in [7, 11) is -0.505. The predicted octanol–water partition coefficient (Wildman–Crippen LogP) is 5.70. The van der Waals surface area contributed by atoms with Crippen molar-refractivity contribution in [2.45, 2.75) is 64.8 Å². The number of ether oxygens (including phenoxy) is 3. The lowest BCUT2D eigenvalue weighted by atomic mass is 9.71. The summed E-state index contributed by atoms with van der Waals surface area (Å²) >= 11 is 0. The molecule has 1 fully saturated rings. The van der Waals surface area contributed by atoms with Crippen LogP contribution < -0.4 is 4.74 Å². The van der Waals surface area contributed by atoms with Crippen molar-refractivity contribution in [2.75, 3.05) is 20.0 Å². The summed E-state index contributed by atoms with van der Waals surface area (Å²) in [6, 6.07) is 4.66. The fourth-order valence-electron chi connectivity index (χ4n) is 3.40. The van der Waals surface area contributed by atoms with Gasteiger partial charge in [-0.05, 0) is 82.4 Å². The lowest BCUT2D eigenvalue weighted by Crippen LogP contribution is -2.41. The highest BCUT2D eigenvalue weighted by Crippen LogP contribution is 2.41. The van der Waals surface area contributed by atoms with E-state index in [-0.39, 0.29) is 13.4 Å². The van der Waals surface area contributed by atoms with Gasteiger partial charge in [0, 0.05) is 13.0 Å². The highest BCUT2D eigenvalue weighted by molar-refractivity contribution is 6.55. The minimum Gasteiger partial charge on any atom is -0.462 e. The van der Waals surface area contributed by atoms with Crippen LogP contribution in [-0.4, -0.2) is 38.3 Å². The SMILES string of the molecule is CCOCOCC1=C(B2OC(C)(C)C(C)(C)O2)CCC(Oc2ccc(C(F)(F)F)cc2)=C1. The van der Waals surface area contributed by atoms with Crippen molar-refractivity contribution in [3.63, 3.8) is 0 Å². The van der Waals surface area contributed by atoms with Gasteiger partial charge in [0.05, 0.1) is 23.4 Å². The van der Waals surface area contributed by atoms with Gasteiger partial charge < -0.3 is 23.5 Å². The van der Waals surface area contributed by atoms with Crippen LogP contribution in [0, 0.1) is 0 Å². The molecule has 0 radical (unpaired) electrons. The molecule has 5 nitrogen and oxygen atoms in total. The third-order valence-corrected chi connectivity index (χ3v) is 5.99. The first-order valence-corrected chi connectivity index (χ1v) is 10.7. The number of halogens is 3. The van der Waals surface area contributed by atoms with Crippen LogP contribution in [0.1, 0.15) is 53.0 Å². The fourth-order valence-corrected chi connectivity index (χ4v) is 3.40. The van der Waals surface area contributed by atoms with Crippen LogP contribution in [0.4, 0.5) is 13.2 Å². The van der Waals surface area contributed by atoms with Gasteiger partial charge in [0.15, 0.2) is 0 Å². The average Bonchev–Trinajstić information content (AvgIpc) is 2.92. The van der Waals surface area contributed by atoms with Crippen LogP contribution in [0.2, 0.25) is 0 Å². The van der Waals surface area contributed by atoms with Crippen molar-refractivity contribution in [3.8, 4) is 5.75 Å². The molecule has 0 bridgehead atoms. The Hall–Kier alpha value is -1.81. The molecule has 2 aliphatic rings. The molecule has 0 atom stereocenters. The zero-order valence-electron chi connectivity index (χ0n) is 19.2. The number of hydrogen-bond donors (Lipinski definition) is 0. The molecule has 176 valence electrons. The third kappa shape index (κ3) is 5.75. The van der Waals surface area contributed by atoms with Crippen LogP contribution >= 0.6 is 0 Å². The predicted molar refractivity (Wildman–Crippen MR) is 115 cm³/mol. The molecule has 1 aromatic rings. The van der Waals surface area contributed by atoms with Gasteiger partial charge in [-0.1, -0.05) is 0 Å². The van der Waals surface area contributed by atoms with Crippen LogP contribution in [0.15, 0.2) is 47.1 Å². The molecule has 0 aromatic heterocycles. The number of benzene rings is 1. The highest BCUT2D eigenvalue weighted by Gasteiger charge is 2.52. The lowest BCUT2D eigenvalue weighted by molar-refractivity contribution is -0.137. The van der Waals surface area contributed by atoms with Crippen molar-refractivity contribution < 1.29 is 36.7 Å². The van der Waals surface area contributed by atoms with E-state index in [9.17, 15) is 13.2 Å². The maximum atomic E-state index is 12.8. The first-order chi connectivity index (χ1) is 14.9. The number of alkyl halides is 3. The minimum atomic E-state index is -4.38. The Morgan fingerprint density at radius 1 is 0.969 bits per heavy atom. The largest absolute Gasteiger partial charge is 0.490 e. The van der Waals surface area contributed by atoms with E-state index < -0.39 is 30.1 Å². The molecule has 1 saturated heterocycles. The molecule has 3 rings (SSSR count). The van der Waals surface area contributed by atoms with E-state index in [2.05, 4.69) is 0 Å². The molecular formula is C23H30BF3O5. The molecule has 1 heterocycles. The molecule has 1 aliphatic carbocycles. The van der Waals surface area contributed by atoms with Crippen LogP contribution in [0.3, 0.4) is 0 Å². The summed E-state index contributed by atoms with van der Waals surface area (Å²) in [5, 5.41) is 0. The first-order valence-electron chi connectivity index (χ1n) is 10.7. The van der Waals surface area contributed by atoms with E-state index in [1.165, 1.54) is 12.1 Å². The minimum absolute atomic E-state index is 0.152. The van der Waals surface area contributed by atoms with Gasteiger partial charge in [-0.3, -0.25) is 0 Å². The van der Waals surface area contributed by atoms with Gasteiger partial charge in [-0.2, -0.15) is 13.2 Å². The van der Waals surface area contributed by atoms with Crippen LogP contribution in [-0.2, 0) is 25.0 Å². The van der Waals surface area contributed by atoms with Gasteiger partial charge in [0.25, 0.3) is 0 Å². The summed E-state index contributed by atoms with van der Waals surface area (Å²) in [4.78, 5) is 0. The lowest BCUT2D eigenvalue weighted by Gasteiger charge is -2.32. The summed E-state index contributed by atoms with van der Waals surface area (Å²) in [6.45, 7) is 10.8. The quantitative estimate of drug-likeness (QED) is 0.287. The van der Waals surface area contributed by atoms with Crippen molar-refractivity contribution in [3.05, 3.63) is 52.7 Å². The normalized spacial score (nSPS) is 20.5. The third-order valence-electron chi connectivity index (χ3n) is 5.99. The number of hydrogen-bond acceptors (Lipinski definition) is 5. The summed E-state index contributed by atoms with van der Waals surface area (Å²) in [5.74, 6) is 0.984. The maximum absolute atomic E-state index is 12.8. The standard InChI is InChI=1S/C23H30BF3O5/c1-6-28-15-29-14-16-13-19(30-18-9-7-17(8-10-18)23(25,26)27)11-12-20(16)24-31-21(2,3)22(4,5)32-24/h7-10,13H,6,11-12,14-15H2,1-5H3. The molecule has 32 heavy (non-hydrogen) atoms. The molecule has 0 N–H and O–H groups in total. The van der Waals surface area contributed by atoms with Crippen molar-refractivity contribution in [1.82, 2.24) is 0 Å². The molecule has 1 aromatic carbocycles. The van der Waals surface area contributed by atoms with Gasteiger partial charge in [-0.15, -0.1) is 0 Å². The van der Waals surface area contributed by atoms with Gasteiger partial charge in [-0.25, -0.2) is 0 Å². The maximum Gasteiger partial charge on any atom is 0.490 e. The highest BCUT2D eigenvalue weighted by atomic mass is 19.4. The monoisotopic (exact) mass is 454 g/mol. The Kier molecular flexibility index (Phi) is 7.44. The van der Waals surface area contributed by atoms with Gasteiger partial charge in [0.1, 0.15) is 18.3 Å². The zero-order valence-corrected chi connectivity index (χ0v) is 19.2. The molecule has 0 unspecified atom stereocenters. The number of rotatable bonds is 8. The molecule has 0 spiro atoms. The van der Waals surface area contributed by atoms with Crippen LogP contribution in [0.5, 0.6) is 5.75 Å². The van der Waals surface area contributed by atoms with Crippen LogP contribution in [0.25, 0.3) is 0 Å². The molecule has 1 aliphatic heterocycles. The molecule has 0 amide bonds. The Morgan fingerprint density at radius 3 is 2.16 bits per heavy atom. The summed E-state index contributed by atoms with van der Waals surface area (Å²) in [6.07, 6.45) is -1.34. The summed E-state index contributed by atoms with van der Waals surface area (Å²) in [5.41, 5.74) is 0.178. The second kappa shape index (κ2) is 9.59. The Morgan fingerprint density at radius 2 is 1.59 bits per heavy atom. The van der Waals surface area contributed by atoms with E-state index in [0.29, 0.717) is 31.0 Å². The Bertz CT molecular complexity index is 843. The molecular weight excluding hydrogens is 424 g/mol. The number of allylic oxidation sites excluding steroid dienone is 2. The van der Waals surface area contributed by atoms with Crippen molar-refractivity contribution >= 4 is 7.12 Å². The van der Waals surface area contributed by atoms with Crippen molar-refractivity contribution in [2.24, 2.45) is 0 Å². The smallest absolute Gasteiger partial charge is 0.462 e. The van der Waals surface area contributed by atoms with Gasteiger partial charge in [0.2, 0.25) is 0 Å². The second-order valence-corrected chi connectivity index (χ2v) is 8.83. The molecule has 9 heteroatoms. The van der Waals surface area contributed by atoms with E-state index in [1.807, 2.05) is 40.7 Å². The van der Waals surface area contributed by atoms with Gasteiger partial charge >= 0.3 is 13.3 Å². The Labute approximate surface area is 187 Å². The average molecular weight is 454 g/mol. The first kappa shape index (κ1) is 24.8. The van der Waals surface area contributed by atoms with E-state index in [1.54, 1.807) is 0 Å². The van der Waals surface area contributed by atoms with E-state index in [4.69, 9.17) is 23.5 Å². The van der Waals surface area contributed by atoms with E-state index in [0.717, 1.165) is 23.2 Å². The fraction of sp³-hybridized carbons (Fsp3) is 0.565. The summed E-state index contributed by atoms with van der Waals surface area (Å²) < 4.78 is 67.6. The second-order valence-electron chi connectivity index (χ2n) is 8.83. The Balaban J connectivity index is 1.80. The molecule has 0 saturated carbocycles.